The summed E-state index contributed by atoms with van der Waals surface area (Å²) >= 11 is 1.13. The van der Waals surface area contributed by atoms with E-state index in [4.69, 9.17) is 0 Å². The van der Waals surface area contributed by atoms with Gasteiger partial charge in [0, 0.05) is 17.3 Å². The highest BCUT2D eigenvalue weighted by molar-refractivity contribution is 7.93. The Morgan fingerprint density at radius 1 is 1.10 bits per heavy atom. The highest BCUT2D eigenvalue weighted by atomic mass is 32.2. The molecule has 3 aromatic rings. The van der Waals surface area contributed by atoms with E-state index < -0.39 is 22.2 Å². The lowest BCUT2D eigenvalue weighted by atomic mass is 10.1. The second-order valence-corrected chi connectivity index (χ2v) is 8.30. The third kappa shape index (κ3) is 3.98. The fourth-order valence-electron chi connectivity index (χ4n) is 2.51. The van der Waals surface area contributed by atoms with Crippen LogP contribution >= 0.6 is 11.3 Å². The van der Waals surface area contributed by atoms with Crippen LogP contribution in [0.2, 0.25) is 0 Å². The third-order valence-corrected chi connectivity index (χ3v) is 5.92. The highest BCUT2D eigenvalue weighted by Crippen LogP contribution is 2.43. The summed E-state index contributed by atoms with van der Waals surface area (Å²) in [5.41, 5.74) is 0.105. The average molecular weight is 439 g/mol. The van der Waals surface area contributed by atoms with Crippen LogP contribution in [0.1, 0.15) is 10.4 Å². The lowest BCUT2D eigenvalue weighted by Crippen LogP contribution is -2.26. The number of anilines is 2. The number of rotatable bonds is 5. The van der Waals surface area contributed by atoms with Crippen molar-refractivity contribution in [3.8, 4) is 11.5 Å². The van der Waals surface area contributed by atoms with Crippen molar-refractivity contribution < 1.29 is 31.5 Å². The van der Waals surface area contributed by atoms with Crippen molar-refractivity contribution >= 4 is 38.1 Å². The molecule has 0 unspecified atom stereocenters. The number of benzene rings is 2. The Morgan fingerprint density at radius 2 is 1.86 bits per heavy atom. The number of nitrogens with zero attached hydrogens (tertiary/aromatic N) is 1. The molecule has 2 aromatic carbocycles. The van der Waals surface area contributed by atoms with Gasteiger partial charge in [0.2, 0.25) is 0 Å². The molecular formula is C17H11F2N3O5S2. The number of halogens is 2. The van der Waals surface area contributed by atoms with Crippen LogP contribution in [0.5, 0.6) is 11.5 Å². The molecule has 150 valence electrons. The van der Waals surface area contributed by atoms with E-state index >= 15 is 0 Å². The van der Waals surface area contributed by atoms with Crippen LogP contribution in [0, 0.1) is 0 Å². The quantitative estimate of drug-likeness (QED) is 0.630. The normalized spacial score (nSPS) is 14.4. The Morgan fingerprint density at radius 3 is 2.55 bits per heavy atom. The van der Waals surface area contributed by atoms with Crippen LogP contribution < -0.4 is 19.5 Å². The smallest absolute Gasteiger partial charge is 0.395 e. The number of carbonyl (C=O) groups is 1. The lowest BCUT2D eigenvalue weighted by Gasteiger charge is -2.09. The maximum absolute atomic E-state index is 13.3. The first-order chi connectivity index (χ1) is 13.7. The van der Waals surface area contributed by atoms with E-state index in [-0.39, 0.29) is 32.8 Å². The summed E-state index contributed by atoms with van der Waals surface area (Å²) in [6.45, 7) is 0. The van der Waals surface area contributed by atoms with Crippen molar-refractivity contribution in [2.75, 3.05) is 10.0 Å². The number of ether oxygens (including phenoxy) is 2. The Balaban J connectivity index is 1.50. The van der Waals surface area contributed by atoms with Gasteiger partial charge in [-0.05, 0) is 36.4 Å². The van der Waals surface area contributed by atoms with Crippen LogP contribution in [0.15, 0.2) is 58.9 Å². The topological polar surface area (TPSA) is 107 Å². The first-order valence-corrected chi connectivity index (χ1v) is 10.3. The molecule has 29 heavy (non-hydrogen) atoms. The van der Waals surface area contributed by atoms with Gasteiger partial charge in [-0.2, -0.15) is 0 Å². The van der Waals surface area contributed by atoms with Crippen molar-refractivity contribution in [1.82, 2.24) is 4.98 Å². The van der Waals surface area contributed by atoms with Gasteiger partial charge in [-0.25, -0.2) is 13.4 Å². The summed E-state index contributed by atoms with van der Waals surface area (Å²) in [5, 5.41) is 4.34. The van der Waals surface area contributed by atoms with Gasteiger partial charge in [0.05, 0.1) is 10.5 Å². The summed E-state index contributed by atoms with van der Waals surface area (Å²) < 4.78 is 62.2. The van der Waals surface area contributed by atoms with Gasteiger partial charge in [0.15, 0.2) is 16.6 Å². The van der Waals surface area contributed by atoms with E-state index in [2.05, 4.69) is 24.5 Å². The zero-order valence-corrected chi connectivity index (χ0v) is 15.9. The number of para-hydroxylation sites is 1. The van der Waals surface area contributed by atoms with Crippen LogP contribution in [0.4, 0.5) is 19.6 Å². The number of alkyl halides is 2. The third-order valence-electron chi connectivity index (χ3n) is 3.75. The summed E-state index contributed by atoms with van der Waals surface area (Å²) in [7, 11) is -3.84. The molecule has 0 spiro atoms. The number of fused-ring (bicyclic) bond motifs is 1. The van der Waals surface area contributed by atoms with Crippen molar-refractivity contribution in [3.63, 3.8) is 0 Å². The van der Waals surface area contributed by atoms with Crippen LogP contribution in [-0.4, -0.2) is 25.6 Å². The second-order valence-electron chi connectivity index (χ2n) is 5.72. The second kappa shape index (κ2) is 6.97. The zero-order chi connectivity index (χ0) is 20.6. The Kier molecular flexibility index (Phi) is 4.59. The molecule has 8 nitrogen and oxygen atoms in total. The van der Waals surface area contributed by atoms with Crippen molar-refractivity contribution in [1.29, 1.82) is 0 Å². The minimum Gasteiger partial charge on any atom is -0.395 e. The predicted octanol–water partition coefficient (Wildman–Crippen LogP) is 3.52. The molecule has 12 heteroatoms. The van der Waals surface area contributed by atoms with E-state index in [0.29, 0.717) is 0 Å². The number of sulfonamides is 1. The molecule has 0 radical (unpaired) electrons. The molecule has 1 amide bonds. The first kappa shape index (κ1) is 19.1. The molecule has 0 aliphatic carbocycles. The molecule has 0 fully saturated rings. The molecule has 1 aromatic heterocycles. The molecule has 2 N–H and O–H groups in total. The molecule has 1 aliphatic rings. The number of thiazole rings is 1. The zero-order valence-electron chi connectivity index (χ0n) is 14.3. The largest absolute Gasteiger partial charge is 0.586 e. The van der Waals surface area contributed by atoms with E-state index in [9.17, 15) is 22.0 Å². The Labute approximate surface area is 167 Å². The van der Waals surface area contributed by atoms with Crippen molar-refractivity contribution in [2.45, 2.75) is 11.2 Å². The molecule has 0 atom stereocenters. The molecule has 4 rings (SSSR count). The Bertz CT molecular complexity index is 1170. The van der Waals surface area contributed by atoms with Gasteiger partial charge in [-0.3, -0.25) is 9.52 Å². The molecule has 1 aliphatic heterocycles. The number of aromatic nitrogens is 1. The van der Waals surface area contributed by atoms with Gasteiger partial charge in [0.1, 0.15) is 0 Å². The molecule has 0 saturated carbocycles. The number of hydrogen-bond acceptors (Lipinski definition) is 7. The van der Waals surface area contributed by atoms with E-state index in [1.54, 1.807) is 5.38 Å². The van der Waals surface area contributed by atoms with Crippen molar-refractivity contribution in [2.24, 2.45) is 0 Å². The van der Waals surface area contributed by atoms with Gasteiger partial charge in [-0.15, -0.1) is 20.1 Å². The van der Waals surface area contributed by atoms with Crippen LogP contribution in [-0.2, 0) is 10.0 Å². The molecule has 0 saturated heterocycles. The average Bonchev–Trinajstić information content (AvgIpc) is 3.26. The summed E-state index contributed by atoms with van der Waals surface area (Å²) in [4.78, 5) is 16.3. The summed E-state index contributed by atoms with van der Waals surface area (Å²) in [6.07, 6.45) is -2.38. The van der Waals surface area contributed by atoms with Crippen LogP contribution in [0.3, 0.4) is 0 Å². The predicted molar refractivity (Wildman–Crippen MR) is 100.0 cm³/mol. The van der Waals surface area contributed by atoms with Gasteiger partial charge in [-0.1, -0.05) is 6.07 Å². The van der Waals surface area contributed by atoms with E-state index in [1.165, 1.54) is 48.7 Å². The van der Waals surface area contributed by atoms with Gasteiger partial charge < -0.3 is 14.8 Å². The SMILES string of the molecule is O=C(Nc1ccc(S(=O)(=O)Nc2nccs2)cc1)c1cccc2c1OC(F)(F)O2. The van der Waals surface area contributed by atoms with Crippen LogP contribution in [0.25, 0.3) is 0 Å². The van der Waals surface area contributed by atoms with Crippen molar-refractivity contribution in [3.05, 3.63) is 59.6 Å². The van der Waals surface area contributed by atoms with E-state index in [0.717, 1.165) is 11.3 Å². The van der Waals surface area contributed by atoms with Gasteiger partial charge >= 0.3 is 6.29 Å². The van der Waals surface area contributed by atoms with Gasteiger partial charge in [0.25, 0.3) is 15.9 Å². The first-order valence-electron chi connectivity index (χ1n) is 7.96. The molecule has 0 bridgehead atoms. The lowest BCUT2D eigenvalue weighted by molar-refractivity contribution is -0.286. The maximum Gasteiger partial charge on any atom is 0.586 e. The molecule has 2 heterocycles. The fourth-order valence-corrected chi connectivity index (χ4v) is 4.30. The number of nitrogens with one attached hydrogen (secondary N) is 2. The van der Waals surface area contributed by atoms with E-state index in [1.807, 2.05) is 0 Å². The minimum atomic E-state index is -3.85. The number of carbonyl (C=O) groups excluding carboxylic acids is 1. The fraction of sp³-hybridized carbons (Fsp3) is 0.0588. The monoisotopic (exact) mass is 439 g/mol. The standard InChI is InChI=1S/C17H11F2N3O5S2/c18-17(19)26-13-3-1-2-12(14(13)27-17)15(23)21-10-4-6-11(7-5-10)29(24,25)22-16-20-8-9-28-16/h1-9H,(H,20,22)(H,21,23). The summed E-state index contributed by atoms with van der Waals surface area (Å²) in [5.74, 6) is -1.35. The maximum atomic E-state index is 13.3. The number of hydrogen-bond donors (Lipinski definition) is 2. The Hall–Kier alpha value is -3.25. The molecular weight excluding hydrogens is 428 g/mol. The summed E-state index contributed by atoms with van der Waals surface area (Å²) in [6, 6.07) is 9.23. The highest BCUT2D eigenvalue weighted by Gasteiger charge is 2.45. The number of amides is 1. The minimum absolute atomic E-state index is 0.0392.